The number of furan rings is 1. The van der Waals surface area contributed by atoms with Crippen LogP contribution in [0.2, 0.25) is 0 Å². The molecular weight excluding hydrogens is 344 g/mol. The average Bonchev–Trinajstić information content (AvgIpc) is 3.24. The van der Waals surface area contributed by atoms with E-state index in [1.54, 1.807) is 49.4 Å². The minimum absolute atomic E-state index is 0.172. The zero-order valence-electron chi connectivity index (χ0n) is 14.8. The summed E-state index contributed by atoms with van der Waals surface area (Å²) in [6.07, 6.45) is 3.06. The second kappa shape index (κ2) is 6.61. The lowest BCUT2D eigenvalue weighted by molar-refractivity contribution is 0.0733. The molecule has 0 bridgehead atoms. The molecule has 0 radical (unpaired) electrons. The van der Waals surface area contributed by atoms with E-state index in [-0.39, 0.29) is 11.5 Å². The van der Waals surface area contributed by atoms with Crippen molar-refractivity contribution in [2.45, 2.75) is 13.8 Å². The summed E-state index contributed by atoms with van der Waals surface area (Å²) in [6.45, 7) is 3.62. The van der Waals surface area contributed by atoms with Gasteiger partial charge in [0.15, 0.2) is 5.76 Å². The minimum atomic E-state index is -0.455. The predicted octanol–water partition coefficient (Wildman–Crippen LogP) is 4.73. The van der Waals surface area contributed by atoms with Crippen LogP contribution in [-0.2, 0) is 0 Å². The quantitative estimate of drug-likeness (QED) is 0.384. The zero-order chi connectivity index (χ0) is 19.0. The first-order valence-corrected chi connectivity index (χ1v) is 8.43. The van der Waals surface area contributed by atoms with Gasteiger partial charge in [-0.2, -0.15) is 0 Å². The Morgan fingerprint density at radius 2 is 1.85 bits per heavy atom. The van der Waals surface area contributed by atoms with Gasteiger partial charge in [-0.1, -0.05) is 18.2 Å². The highest BCUT2D eigenvalue weighted by atomic mass is 16.5. The summed E-state index contributed by atoms with van der Waals surface area (Å²) >= 11 is 0. The third-order valence-corrected chi connectivity index (χ3v) is 4.34. The Kier molecular flexibility index (Phi) is 4.12. The molecule has 2 heterocycles. The number of esters is 1. The van der Waals surface area contributed by atoms with Gasteiger partial charge < -0.3 is 13.9 Å². The molecule has 0 saturated heterocycles. The monoisotopic (exact) mass is 360 g/mol. The third kappa shape index (κ3) is 3.15. The standard InChI is InChI=1S/C22H16O5/c1-13-6-3-4-8-17(13)22(24)26-16-10-14(2)20-18(12-16)27-19(21(20)23)11-15-7-5-9-25-15/h3-12H,1-2H3/b19-11-. The Hall–Kier alpha value is -3.60. The van der Waals surface area contributed by atoms with Crippen molar-refractivity contribution in [3.63, 3.8) is 0 Å². The molecule has 0 aliphatic carbocycles. The van der Waals surface area contributed by atoms with Crippen LogP contribution in [0.25, 0.3) is 6.08 Å². The molecule has 0 fully saturated rings. The number of hydrogen-bond acceptors (Lipinski definition) is 5. The van der Waals surface area contributed by atoms with E-state index >= 15 is 0 Å². The van der Waals surface area contributed by atoms with Gasteiger partial charge in [-0.15, -0.1) is 0 Å². The smallest absolute Gasteiger partial charge is 0.343 e. The second-order valence-corrected chi connectivity index (χ2v) is 6.27. The van der Waals surface area contributed by atoms with Crippen LogP contribution in [0, 0.1) is 13.8 Å². The molecule has 134 valence electrons. The predicted molar refractivity (Wildman–Crippen MR) is 99.0 cm³/mol. The molecule has 0 N–H and O–H groups in total. The molecule has 4 rings (SSSR count). The van der Waals surface area contributed by atoms with Crippen molar-refractivity contribution in [3.8, 4) is 11.5 Å². The first kappa shape index (κ1) is 16.8. The largest absolute Gasteiger partial charge is 0.465 e. The van der Waals surface area contributed by atoms with Gasteiger partial charge in [0, 0.05) is 12.1 Å². The van der Waals surface area contributed by atoms with E-state index in [0.29, 0.717) is 33.9 Å². The van der Waals surface area contributed by atoms with Crippen LogP contribution >= 0.6 is 0 Å². The van der Waals surface area contributed by atoms with Gasteiger partial charge in [-0.05, 0) is 49.2 Å². The van der Waals surface area contributed by atoms with E-state index in [2.05, 4.69) is 0 Å². The Morgan fingerprint density at radius 1 is 1.04 bits per heavy atom. The summed E-state index contributed by atoms with van der Waals surface area (Å²) < 4.78 is 16.4. The van der Waals surface area contributed by atoms with Crippen LogP contribution in [0.3, 0.4) is 0 Å². The molecule has 1 aromatic heterocycles. The maximum atomic E-state index is 12.6. The Morgan fingerprint density at radius 3 is 2.59 bits per heavy atom. The van der Waals surface area contributed by atoms with Crippen molar-refractivity contribution in [1.29, 1.82) is 0 Å². The number of aryl methyl sites for hydroxylation is 2. The van der Waals surface area contributed by atoms with Crippen molar-refractivity contribution >= 4 is 17.8 Å². The maximum Gasteiger partial charge on any atom is 0.343 e. The van der Waals surface area contributed by atoms with Crippen molar-refractivity contribution in [2.75, 3.05) is 0 Å². The first-order valence-electron chi connectivity index (χ1n) is 8.43. The summed E-state index contributed by atoms with van der Waals surface area (Å²) in [5.74, 6) is 0.705. The van der Waals surface area contributed by atoms with Gasteiger partial charge in [0.2, 0.25) is 5.78 Å². The van der Waals surface area contributed by atoms with Gasteiger partial charge >= 0.3 is 5.97 Å². The average molecular weight is 360 g/mol. The maximum absolute atomic E-state index is 12.6. The third-order valence-electron chi connectivity index (χ3n) is 4.34. The van der Waals surface area contributed by atoms with Crippen LogP contribution in [0.5, 0.6) is 11.5 Å². The summed E-state index contributed by atoms with van der Waals surface area (Å²) in [4.78, 5) is 25.0. The molecule has 27 heavy (non-hydrogen) atoms. The highest BCUT2D eigenvalue weighted by Crippen LogP contribution is 2.37. The van der Waals surface area contributed by atoms with E-state index in [9.17, 15) is 9.59 Å². The van der Waals surface area contributed by atoms with E-state index in [1.807, 2.05) is 19.1 Å². The van der Waals surface area contributed by atoms with E-state index in [4.69, 9.17) is 13.9 Å². The van der Waals surface area contributed by atoms with E-state index < -0.39 is 5.97 Å². The van der Waals surface area contributed by atoms with Crippen molar-refractivity contribution < 1.29 is 23.5 Å². The first-order chi connectivity index (χ1) is 13.0. The highest BCUT2D eigenvalue weighted by molar-refractivity contribution is 6.15. The normalized spacial score (nSPS) is 14.1. The van der Waals surface area contributed by atoms with Crippen LogP contribution in [0.1, 0.15) is 37.6 Å². The minimum Gasteiger partial charge on any atom is -0.465 e. The van der Waals surface area contributed by atoms with Gasteiger partial charge in [0.1, 0.15) is 17.3 Å². The van der Waals surface area contributed by atoms with E-state index in [1.165, 1.54) is 6.26 Å². The van der Waals surface area contributed by atoms with Crippen molar-refractivity contribution in [1.82, 2.24) is 0 Å². The van der Waals surface area contributed by atoms with E-state index in [0.717, 1.165) is 5.56 Å². The van der Waals surface area contributed by atoms with Crippen molar-refractivity contribution in [2.24, 2.45) is 0 Å². The number of carbonyl (C=O) groups is 2. The Bertz CT molecular complexity index is 1070. The molecule has 0 spiro atoms. The van der Waals surface area contributed by atoms with Gasteiger partial charge in [-0.25, -0.2) is 4.79 Å². The number of hydrogen-bond donors (Lipinski definition) is 0. The fraction of sp³-hybridized carbons (Fsp3) is 0.0909. The fourth-order valence-corrected chi connectivity index (χ4v) is 3.00. The molecule has 2 aromatic carbocycles. The molecule has 0 amide bonds. The van der Waals surface area contributed by atoms with Gasteiger partial charge in [0.25, 0.3) is 0 Å². The number of fused-ring (bicyclic) bond motifs is 1. The molecule has 1 aliphatic heterocycles. The lowest BCUT2D eigenvalue weighted by atomic mass is 10.0. The number of benzene rings is 2. The summed E-state index contributed by atoms with van der Waals surface area (Å²) in [6, 6.07) is 13.9. The Labute approximate surface area is 155 Å². The molecular formula is C22H16O5. The molecule has 0 saturated carbocycles. The van der Waals surface area contributed by atoms with Crippen LogP contribution in [0.15, 0.2) is 65.0 Å². The lowest BCUT2D eigenvalue weighted by Crippen LogP contribution is -2.10. The molecule has 5 heteroatoms. The van der Waals surface area contributed by atoms with Crippen LogP contribution < -0.4 is 9.47 Å². The highest BCUT2D eigenvalue weighted by Gasteiger charge is 2.30. The molecule has 5 nitrogen and oxygen atoms in total. The Balaban J connectivity index is 1.63. The number of ketones is 1. The number of Topliss-reactive ketones (excluding diaryl/α,β-unsaturated/α-hetero) is 1. The molecule has 0 atom stereocenters. The molecule has 0 unspecified atom stereocenters. The van der Waals surface area contributed by atoms with Crippen LogP contribution in [-0.4, -0.2) is 11.8 Å². The van der Waals surface area contributed by atoms with Crippen molar-refractivity contribution in [3.05, 3.63) is 88.6 Å². The number of allylic oxidation sites excluding steroid dienone is 1. The summed E-state index contributed by atoms with van der Waals surface area (Å²) in [5, 5.41) is 0. The van der Waals surface area contributed by atoms with Crippen LogP contribution in [0.4, 0.5) is 0 Å². The second-order valence-electron chi connectivity index (χ2n) is 6.27. The molecule has 1 aliphatic rings. The topological polar surface area (TPSA) is 65.7 Å². The summed E-state index contributed by atoms with van der Waals surface area (Å²) in [7, 11) is 0. The number of ether oxygens (including phenoxy) is 2. The fourth-order valence-electron chi connectivity index (χ4n) is 3.00. The zero-order valence-corrected chi connectivity index (χ0v) is 14.8. The summed E-state index contributed by atoms with van der Waals surface area (Å²) in [5.41, 5.74) is 2.46. The van der Waals surface area contributed by atoms with Gasteiger partial charge in [0.05, 0.1) is 17.4 Å². The lowest BCUT2D eigenvalue weighted by Gasteiger charge is -2.09. The molecule has 3 aromatic rings. The number of carbonyl (C=O) groups excluding carboxylic acids is 2. The number of rotatable bonds is 3. The van der Waals surface area contributed by atoms with Gasteiger partial charge in [-0.3, -0.25) is 4.79 Å². The SMILES string of the molecule is Cc1ccccc1C(=O)Oc1cc(C)c2c(c1)O/C(=C\c1ccco1)C2=O.